The van der Waals surface area contributed by atoms with E-state index in [9.17, 15) is 14.9 Å². The molecule has 6 heteroatoms. The quantitative estimate of drug-likeness (QED) is 0.593. The van der Waals surface area contributed by atoms with E-state index >= 15 is 0 Å². The highest BCUT2D eigenvalue weighted by Gasteiger charge is 2.12. The molecule has 1 atom stereocenters. The minimum Gasteiger partial charge on any atom is -0.394 e. The molecule has 92 valence electrons. The van der Waals surface area contributed by atoms with Gasteiger partial charge in [-0.1, -0.05) is 6.92 Å². The first-order valence-electron chi connectivity index (χ1n) is 5.24. The van der Waals surface area contributed by atoms with Crippen molar-refractivity contribution in [1.29, 1.82) is 0 Å². The summed E-state index contributed by atoms with van der Waals surface area (Å²) < 4.78 is 0. The van der Waals surface area contributed by atoms with Crippen molar-refractivity contribution in [3.05, 3.63) is 39.9 Å². The number of aliphatic hydroxyl groups excluding tert-OH is 1. The lowest BCUT2D eigenvalue weighted by atomic mass is 10.1. The van der Waals surface area contributed by atoms with Crippen LogP contribution in [0.4, 0.5) is 5.69 Å². The molecule has 1 aromatic carbocycles. The highest BCUT2D eigenvalue weighted by atomic mass is 16.6. The summed E-state index contributed by atoms with van der Waals surface area (Å²) in [5.41, 5.74) is 0.276. The highest BCUT2D eigenvalue weighted by molar-refractivity contribution is 5.94. The Labute approximate surface area is 98.4 Å². The maximum Gasteiger partial charge on any atom is 0.269 e. The van der Waals surface area contributed by atoms with Crippen LogP contribution in [0.2, 0.25) is 0 Å². The maximum atomic E-state index is 11.7. The Morgan fingerprint density at radius 1 is 1.47 bits per heavy atom. The molecule has 17 heavy (non-hydrogen) atoms. The van der Waals surface area contributed by atoms with Crippen LogP contribution in [-0.2, 0) is 0 Å². The molecule has 1 rings (SSSR count). The monoisotopic (exact) mass is 238 g/mol. The standard InChI is InChI=1S/C11H14N2O4/c1-2-9(7-14)12-11(15)8-3-5-10(6-4-8)13(16)17/h3-6,9,14H,2,7H2,1H3,(H,12,15)/t9-/m1/s1. The number of benzene rings is 1. The average Bonchev–Trinajstić information content (AvgIpc) is 2.35. The summed E-state index contributed by atoms with van der Waals surface area (Å²) in [5, 5.41) is 22.0. The van der Waals surface area contributed by atoms with Gasteiger partial charge in [-0.05, 0) is 18.6 Å². The molecule has 0 heterocycles. The molecule has 1 aromatic rings. The fourth-order valence-corrected chi connectivity index (χ4v) is 1.28. The number of nitro benzene ring substituents is 1. The Morgan fingerprint density at radius 2 is 2.06 bits per heavy atom. The molecule has 0 aliphatic heterocycles. The third kappa shape index (κ3) is 3.53. The number of aliphatic hydroxyl groups is 1. The topological polar surface area (TPSA) is 92.5 Å². The number of carbonyl (C=O) groups is 1. The Balaban J connectivity index is 2.73. The van der Waals surface area contributed by atoms with Crippen molar-refractivity contribution >= 4 is 11.6 Å². The number of nitrogens with zero attached hydrogens (tertiary/aromatic N) is 1. The number of amides is 1. The second-order valence-electron chi connectivity index (χ2n) is 3.57. The van der Waals surface area contributed by atoms with Crippen LogP contribution in [0.15, 0.2) is 24.3 Å². The van der Waals surface area contributed by atoms with E-state index in [0.29, 0.717) is 12.0 Å². The number of hydrogen-bond acceptors (Lipinski definition) is 4. The van der Waals surface area contributed by atoms with Gasteiger partial charge in [-0.25, -0.2) is 0 Å². The zero-order valence-corrected chi connectivity index (χ0v) is 9.42. The van der Waals surface area contributed by atoms with E-state index in [2.05, 4.69) is 5.32 Å². The largest absolute Gasteiger partial charge is 0.394 e. The van der Waals surface area contributed by atoms with Gasteiger partial charge in [-0.3, -0.25) is 14.9 Å². The number of nitrogens with one attached hydrogen (secondary N) is 1. The van der Waals surface area contributed by atoms with E-state index in [1.807, 2.05) is 6.92 Å². The maximum absolute atomic E-state index is 11.7. The lowest BCUT2D eigenvalue weighted by molar-refractivity contribution is -0.384. The Morgan fingerprint density at radius 3 is 2.47 bits per heavy atom. The summed E-state index contributed by atoms with van der Waals surface area (Å²) in [7, 11) is 0. The molecule has 0 unspecified atom stereocenters. The van der Waals surface area contributed by atoms with Crippen molar-refractivity contribution in [2.45, 2.75) is 19.4 Å². The summed E-state index contributed by atoms with van der Waals surface area (Å²) in [5.74, 6) is -0.346. The van der Waals surface area contributed by atoms with Gasteiger partial charge in [-0.2, -0.15) is 0 Å². The normalized spacial score (nSPS) is 11.9. The van der Waals surface area contributed by atoms with Crippen LogP contribution >= 0.6 is 0 Å². The van der Waals surface area contributed by atoms with E-state index in [0.717, 1.165) is 0 Å². The second kappa shape index (κ2) is 5.95. The summed E-state index contributed by atoms with van der Waals surface area (Å²) in [6.45, 7) is 1.71. The first kappa shape index (κ1) is 13.1. The molecule has 0 bridgehead atoms. The molecule has 0 fully saturated rings. The van der Waals surface area contributed by atoms with Crippen molar-refractivity contribution < 1.29 is 14.8 Å². The summed E-state index contributed by atoms with van der Waals surface area (Å²) in [6.07, 6.45) is 0.620. The molecule has 0 radical (unpaired) electrons. The Kier molecular flexibility index (Phi) is 4.59. The fourth-order valence-electron chi connectivity index (χ4n) is 1.28. The first-order chi connectivity index (χ1) is 8.08. The van der Waals surface area contributed by atoms with Gasteiger partial charge >= 0.3 is 0 Å². The number of hydrogen-bond donors (Lipinski definition) is 2. The minimum atomic E-state index is -0.524. The molecule has 0 spiro atoms. The molecule has 0 saturated carbocycles. The van der Waals surface area contributed by atoms with Gasteiger partial charge in [0.05, 0.1) is 17.6 Å². The Hall–Kier alpha value is -1.95. The van der Waals surface area contributed by atoms with Crippen molar-refractivity contribution in [3.63, 3.8) is 0 Å². The molecular weight excluding hydrogens is 224 g/mol. The van der Waals surface area contributed by atoms with Crippen molar-refractivity contribution in [2.24, 2.45) is 0 Å². The van der Waals surface area contributed by atoms with Crippen LogP contribution in [0.5, 0.6) is 0 Å². The SMILES string of the molecule is CC[C@H](CO)NC(=O)c1ccc([N+](=O)[O-])cc1. The summed E-state index contributed by atoms with van der Waals surface area (Å²) >= 11 is 0. The molecule has 0 aliphatic rings. The van der Waals surface area contributed by atoms with Gasteiger partial charge in [0.1, 0.15) is 0 Å². The lowest BCUT2D eigenvalue weighted by Gasteiger charge is -2.13. The number of rotatable bonds is 5. The van der Waals surface area contributed by atoms with E-state index in [1.165, 1.54) is 24.3 Å². The van der Waals surface area contributed by atoms with Crippen molar-refractivity contribution in [2.75, 3.05) is 6.61 Å². The van der Waals surface area contributed by atoms with E-state index < -0.39 is 4.92 Å². The predicted octanol–water partition coefficient (Wildman–Crippen LogP) is 1.10. The van der Waals surface area contributed by atoms with E-state index in [-0.39, 0.29) is 24.2 Å². The first-order valence-corrected chi connectivity index (χ1v) is 5.24. The van der Waals surface area contributed by atoms with Gasteiger partial charge in [0, 0.05) is 17.7 Å². The summed E-state index contributed by atoms with van der Waals surface area (Å²) in [4.78, 5) is 21.6. The van der Waals surface area contributed by atoms with Gasteiger partial charge in [0.2, 0.25) is 0 Å². The van der Waals surface area contributed by atoms with Crippen molar-refractivity contribution in [3.8, 4) is 0 Å². The number of nitro groups is 1. The molecule has 2 N–H and O–H groups in total. The molecular formula is C11H14N2O4. The molecule has 6 nitrogen and oxygen atoms in total. The Bertz CT molecular complexity index is 398. The third-order valence-corrected chi connectivity index (χ3v) is 2.39. The summed E-state index contributed by atoms with van der Waals surface area (Å²) in [6, 6.07) is 5.02. The molecule has 0 saturated heterocycles. The smallest absolute Gasteiger partial charge is 0.269 e. The predicted molar refractivity (Wildman–Crippen MR) is 61.7 cm³/mol. The number of non-ortho nitro benzene ring substituents is 1. The van der Waals surface area contributed by atoms with Crippen molar-refractivity contribution in [1.82, 2.24) is 5.32 Å². The van der Waals surface area contributed by atoms with Gasteiger partial charge in [-0.15, -0.1) is 0 Å². The van der Waals surface area contributed by atoms with Gasteiger partial charge < -0.3 is 10.4 Å². The molecule has 0 aliphatic carbocycles. The van der Waals surface area contributed by atoms with Crippen LogP contribution in [0.1, 0.15) is 23.7 Å². The van der Waals surface area contributed by atoms with Crippen LogP contribution in [0.3, 0.4) is 0 Å². The van der Waals surface area contributed by atoms with Crippen LogP contribution in [0, 0.1) is 10.1 Å². The van der Waals surface area contributed by atoms with E-state index in [4.69, 9.17) is 5.11 Å². The fraction of sp³-hybridized carbons (Fsp3) is 0.364. The zero-order valence-electron chi connectivity index (χ0n) is 9.42. The van der Waals surface area contributed by atoms with Crippen LogP contribution in [0.25, 0.3) is 0 Å². The van der Waals surface area contributed by atoms with Gasteiger partial charge in [0.25, 0.3) is 11.6 Å². The third-order valence-electron chi connectivity index (χ3n) is 2.39. The van der Waals surface area contributed by atoms with E-state index in [1.54, 1.807) is 0 Å². The van der Waals surface area contributed by atoms with Gasteiger partial charge in [0.15, 0.2) is 0 Å². The van der Waals surface area contributed by atoms with Crippen LogP contribution < -0.4 is 5.32 Å². The molecule has 0 aromatic heterocycles. The molecule has 1 amide bonds. The lowest BCUT2D eigenvalue weighted by Crippen LogP contribution is -2.36. The number of carbonyl (C=O) groups excluding carboxylic acids is 1. The zero-order chi connectivity index (χ0) is 12.8. The van der Waals surface area contributed by atoms with Crippen LogP contribution in [-0.4, -0.2) is 28.6 Å². The second-order valence-corrected chi connectivity index (χ2v) is 3.57. The minimum absolute atomic E-state index is 0.0595. The average molecular weight is 238 g/mol. The highest BCUT2D eigenvalue weighted by Crippen LogP contribution is 2.11.